The number of nitrogens with one attached hydrogen (secondary N) is 1. The van der Waals surface area contributed by atoms with E-state index in [0.717, 1.165) is 11.3 Å². The number of likely N-dealkylation sites (N-methyl/N-ethyl adjacent to an activating group) is 1. The van der Waals surface area contributed by atoms with Gasteiger partial charge >= 0.3 is 0 Å². The number of rotatable bonds is 7. The molecule has 0 unspecified atom stereocenters. The molecule has 2 aromatic rings. The maximum absolute atomic E-state index is 12.0. The smallest absolute Gasteiger partial charge is 0.238 e. The van der Waals surface area contributed by atoms with Gasteiger partial charge in [-0.05, 0) is 36.9 Å². The molecular weight excluding hydrogens is 328 g/mol. The van der Waals surface area contributed by atoms with Gasteiger partial charge in [0.05, 0.1) is 17.1 Å². The van der Waals surface area contributed by atoms with E-state index < -0.39 is 10.0 Å². The predicted octanol–water partition coefficient (Wildman–Crippen LogP) is 0.477. The predicted molar refractivity (Wildman–Crippen MR) is 90.2 cm³/mol. The van der Waals surface area contributed by atoms with E-state index in [1.165, 1.54) is 12.1 Å². The van der Waals surface area contributed by atoms with Crippen LogP contribution in [0.5, 0.6) is 0 Å². The van der Waals surface area contributed by atoms with Crippen molar-refractivity contribution in [3.8, 4) is 0 Å². The number of aromatic nitrogens is 1. The SMILES string of the molecule is CN(CC(=O)NCc1ccc(S(N)(=O)=O)cc1)Cc1ccccn1. The maximum Gasteiger partial charge on any atom is 0.238 e. The van der Waals surface area contributed by atoms with Gasteiger partial charge in [0.1, 0.15) is 0 Å². The van der Waals surface area contributed by atoms with Crippen LogP contribution in [0.15, 0.2) is 53.6 Å². The molecule has 0 spiro atoms. The molecule has 0 radical (unpaired) electrons. The summed E-state index contributed by atoms with van der Waals surface area (Å²) in [4.78, 5) is 18.1. The Morgan fingerprint density at radius 3 is 2.50 bits per heavy atom. The third-order valence-electron chi connectivity index (χ3n) is 3.31. The number of amides is 1. The molecule has 0 fully saturated rings. The molecule has 128 valence electrons. The summed E-state index contributed by atoms with van der Waals surface area (Å²) in [6, 6.07) is 11.7. The van der Waals surface area contributed by atoms with Crippen LogP contribution >= 0.6 is 0 Å². The summed E-state index contributed by atoms with van der Waals surface area (Å²) in [5, 5.41) is 7.83. The van der Waals surface area contributed by atoms with Gasteiger partial charge in [-0.25, -0.2) is 13.6 Å². The quantitative estimate of drug-likeness (QED) is 0.757. The van der Waals surface area contributed by atoms with Crippen LogP contribution in [0.1, 0.15) is 11.3 Å². The van der Waals surface area contributed by atoms with Crippen LogP contribution in [0.25, 0.3) is 0 Å². The van der Waals surface area contributed by atoms with E-state index in [-0.39, 0.29) is 17.3 Å². The Kier molecular flexibility index (Phi) is 6.02. The zero-order chi connectivity index (χ0) is 17.6. The van der Waals surface area contributed by atoms with Gasteiger partial charge in [-0.3, -0.25) is 14.7 Å². The second kappa shape index (κ2) is 8.00. The van der Waals surface area contributed by atoms with Gasteiger partial charge in [0.2, 0.25) is 15.9 Å². The van der Waals surface area contributed by atoms with Crippen molar-refractivity contribution < 1.29 is 13.2 Å². The summed E-state index contributed by atoms with van der Waals surface area (Å²) >= 11 is 0. The Hall–Kier alpha value is -2.29. The van der Waals surface area contributed by atoms with Crippen molar-refractivity contribution in [2.24, 2.45) is 5.14 Å². The molecule has 1 amide bonds. The lowest BCUT2D eigenvalue weighted by Crippen LogP contribution is -2.34. The first-order valence-electron chi connectivity index (χ1n) is 7.31. The third kappa shape index (κ3) is 5.73. The zero-order valence-corrected chi connectivity index (χ0v) is 14.2. The number of primary sulfonamides is 1. The summed E-state index contributed by atoms with van der Waals surface area (Å²) < 4.78 is 22.4. The van der Waals surface area contributed by atoms with Crippen molar-refractivity contribution in [3.63, 3.8) is 0 Å². The van der Waals surface area contributed by atoms with E-state index in [1.807, 2.05) is 30.1 Å². The van der Waals surface area contributed by atoms with Crippen LogP contribution < -0.4 is 10.5 Å². The Bertz CT molecular complexity index is 777. The number of sulfonamides is 1. The minimum atomic E-state index is -3.70. The summed E-state index contributed by atoms with van der Waals surface area (Å²) in [6.07, 6.45) is 1.72. The first-order chi connectivity index (χ1) is 11.3. The van der Waals surface area contributed by atoms with E-state index >= 15 is 0 Å². The molecule has 1 aromatic heterocycles. The first-order valence-corrected chi connectivity index (χ1v) is 8.86. The molecule has 0 atom stereocenters. The molecule has 0 saturated heterocycles. The number of carbonyl (C=O) groups excluding carboxylic acids is 1. The van der Waals surface area contributed by atoms with Crippen LogP contribution in [0.2, 0.25) is 0 Å². The normalized spacial score (nSPS) is 11.5. The molecule has 7 nitrogen and oxygen atoms in total. The van der Waals surface area contributed by atoms with Gasteiger partial charge in [-0.15, -0.1) is 0 Å². The number of hydrogen-bond donors (Lipinski definition) is 2. The molecule has 0 aliphatic heterocycles. The number of nitrogens with zero attached hydrogens (tertiary/aromatic N) is 2. The van der Waals surface area contributed by atoms with E-state index in [2.05, 4.69) is 10.3 Å². The standard InChI is InChI=1S/C16H20N4O3S/c1-20(11-14-4-2-3-9-18-14)12-16(21)19-10-13-5-7-15(8-6-13)24(17,22)23/h2-9H,10-12H2,1H3,(H,19,21)(H2,17,22,23). The average Bonchev–Trinajstić information content (AvgIpc) is 2.53. The van der Waals surface area contributed by atoms with Gasteiger partial charge in [-0.1, -0.05) is 18.2 Å². The highest BCUT2D eigenvalue weighted by Crippen LogP contribution is 2.08. The minimum Gasteiger partial charge on any atom is -0.351 e. The zero-order valence-electron chi connectivity index (χ0n) is 13.3. The van der Waals surface area contributed by atoms with Gasteiger partial charge in [-0.2, -0.15) is 0 Å². The molecule has 0 aliphatic rings. The Balaban J connectivity index is 1.80. The minimum absolute atomic E-state index is 0.0488. The van der Waals surface area contributed by atoms with Crippen LogP contribution in [0.4, 0.5) is 0 Å². The molecule has 0 bridgehead atoms. The van der Waals surface area contributed by atoms with E-state index in [4.69, 9.17) is 5.14 Å². The number of nitrogens with two attached hydrogens (primary N) is 1. The number of hydrogen-bond acceptors (Lipinski definition) is 5. The monoisotopic (exact) mass is 348 g/mol. The summed E-state index contributed by atoms with van der Waals surface area (Å²) in [7, 11) is -1.85. The number of pyridine rings is 1. The highest BCUT2D eigenvalue weighted by molar-refractivity contribution is 7.89. The molecule has 3 N–H and O–H groups in total. The fourth-order valence-corrected chi connectivity index (χ4v) is 2.64. The fraction of sp³-hybridized carbons (Fsp3) is 0.250. The highest BCUT2D eigenvalue weighted by Gasteiger charge is 2.09. The summed E-state index contributed by atoms with van der Waals surface area (Å²) in [6.45, 7) is 1.14. The summed E-state index contributed by atoms with van der Waals surface area (Å²) in [5.41, 5.74) is 1.69. The average molecular weight is 348 g/mol. The second-order valence-corrected chi connectivity index (χ2v) is 7.02. The molecule has 1 aromatic carbocycles. The van der Waals surface area contributed by atoms with Crippen molar-refractivity contribution in [3.05, 3.63) is 59.9 Å². The second-order valence-electron chi connectivity index (χ2n) is 5.46. The maximum atomic E-state index is 12.0. The molecule has 0 aliphatic carbocycles. The molecule has 0 saturated carbocycles. The van der Waals surface area contributed by atoms with E-state index in [9.17, 15) is 13.2 Å². The molecular formula is C16H20N4O3S. The molecule has 2 rings (SSSR count). The third-order valence-corrected chi connectivity index (χ3v) is 4.24. The van der Waals surface area contributed by atoms with Crippen LogP contribution in [-0.2, 0) is 27.9 Å². The van der Waals surface area contributed by atoms with Crippen molar-refractivity contribution in [2.75, 3.05) is 13.6 Å². The van der Waals surface area contributed by atoms with E-state index in [1.54, 1.807) is 18.3 Å². The van der Waals surface area contributed by atoms with Crippen LogP contribution in [-0.4, -0.2) is 37.8 Å². The lowest BCUT2D eigenvalue weighted by Gasteiger charge is -2.15. The number of carbonyl (C=O) groups is 1. The largest absolute Gasteiger partial charge is 0.351 e. The van der Waals surface area contributed by atoms with Crippen molar-refractivity contribution in [2.45, 2.75) is 18.0 Å². The van der Waals surface area contributed by atoms with Gasteiger partial charge in [0.25, 0.3) is 0 Å². The lowest BCUT2D eigenvalue weighted by molar-refractivity contribution is -0.122. The van der Waals surface area contributed by atoms with Crippen molar-refractivity contribution in [1.29, 1.82) is 0 Å². The van der Waals surface area contributed by atoms with Crippen LogP contribution in [0, 0.1) is 0 Å². The molecule has 1 heterocycles. The Morgan fingerprint density at radius 1 is 1.21 bits per heavy atom. The summed E-state index contributed by atoms with van der Waals surface area (Å²) in [5.74, 6) is -0.121. The lowest BCUT2D eigenvalue weighted by atomic mass is 10.2. The Labute approximate surface area is 141 Å². The van der Waals surface area contributed by atoms with Crippen molar-refractivity contribution >= 4 is 15.9 Å². The van der Waals surface area contributed by atoms with Gasteiger partial charge < -0.3 is 5.32 Å². The Morgan fingerprint density at radius 2 is 1.92 bits per heavy atom. The molecule has 8 heteroatoms. The fourth-order valence-electron chi connectivity index (χ4n) is 2.12. The topological polar surface area (TPSA) is 105 Å². The molecule has 24 heavy (non-hydrogen) atoms. The first kappa shape index (κ1) is 18.1. The highest BCUT2D eigenvalue weighted by atomic mass is 32.2. The number of benzene rings is 1. The van der Waals surface area contributed by atoms with E-state index in [0.29, 0.717) is 13.1 Å². The van der Waals surface area contributed by atoms with Crippen molar-refractivity contribution in [1.82, 2.24) is 15.2 Å². The van der Waals surface area contributed by atoms with Crippen LogP contribution in [0.3, 0.4) is 0 Å². The van der Waals surface area contributed by atoms with Gasteiger partial charge in [0.15, 0.2) is 0 Å². The van der Waals surface area contributed by atoms with Gasteiger partial charge in [0, 0.05) is 19.3 Å².